The van der Waals surface area contributed by atoms with Crippen LogP contribution in [0.3, 0.4) is 0 Å². The van der Waals surface area contributed by atoms with Crippen LogP contribution in [0.4, 0.5) is 5.82 Å². The molecule has 1 saturated heterocycles. The third kappa shape index (κ3) is 2.80. The van der Waals surface area contributed by atoms with E-state index in [9.17, 15) is 4.79 Å². The number of anilines is 1. The van der Waals surface area contributed by atoms with Crippen molar-refractivity contribution in [3.05, 3.63) is 45.6 Å². The van der Waals surface area contributed by atoms with Crippen LogP contribution in [-0.2, 0) is 13.1 Å². The molecule has 1 fully saturated rings. The summed E-state index contributed by atoms with van der Waals surface area (Å²) in [5.74, 6) is 0.877. The fraction of sp³-hybridized carbons (Fsp3) is 0.389. The van der Waals surface area contributed by atoms with Crippen LogP contribution in [-0.4, -0.2) is 41.0 Å². The Bertz CT molecular complexity index is 851. The first kappa shape index (κ1) is 16.1. The predicted molar refractivity (Wildman–Crippen MR) is 95.2 cm³/mol. The molecule has 7 heteroatoms. The highest BCUT2D eigenvalue weighted by molar-refractivity contribution is 6.31. The number of nitrogens with zero attached hydrogens (tertiary/aromatic N) is 4. The van der Waals surface area contributed by atoms with Crippen molar-refractivity contribution in [3.8, 4) is 6.01 Å². The number of hydrogen-bond donors (Lipinski definition) is 0. The summed E-state index contributed by atoms with van der Waals surface area (Å²) in [6, 6.07) is 5.72. The summed E-state index contributed by atoms with van der Waals surface area (Å²) in [4.78, 5) is 25.9. The Labute approximate surface area is 151 Å². The molecular weight excluding hydrogens is 340 g/mol. The SMILES string of the molecule is COc1nc2c(c(N3CCC3)n1)CN(C(=O)c1ccc(Cl)c(C)c1)C2. The summed E-state index contributed by atoms with van der Waals surface area (Å²) in [5, 5.41) is 0.664. The average molecular weight is 359 g/mol. The molecule has 0 saturated carbocycles. The zero-order valence-electron chi connectivity index (χ0n) is 14.3. The maximum atomic E-state index is 12.9. The topological polar surface area (TPSA) is 58.6 Å². The molecular formula is C18H19ClN4O2. The third-order valence-electron chi connectivity index (χ3n) is 4.77. The molecule has 130 valence electrons. The van der Waals surface area contributed by atoms with Crippen molar-refractivity contribution in [2.45, 2.75) is 26.4 Å². The number of halogens is 1. The first-order chi connectivity index (χ1) is 12.1. The van der Waals surface area contributed by atoms with Gasteiger partial charge in [0.2, 0.25) is 0 Å². The minimum Gasteiger partial charge on any atom is -0.467 e. The third-order valence-corrected chi connectivity index (χ3v) is 5.19. The molecule has 2 aromatic rings. The lowest BCUT2D eigenvalue weighted by Crippen LogP contribution is -2.38. The van der Waals surface area contributed by atoms with Crippen molar-refractivity contribution < 1.29 is 9.53 Å². The van der Waals surface area contributed by atoms with Crippen LogP contribution in [0.5, 0.6) is 6.01 Å². The molecule has 1 aromatic heterocycles. The smallest absolute Gasteiger partial charge is 0.318 e. The van der Waals surface area contributed by atoms with Gasteiger partial charge in [-0.2, -0.15) is 9.97 Å². The van der Waals surface area contributed by atoms with Crippen LogP contribution in [0, 0.1) is 6.92 Å². The number of carbonyl (C=O) groups excluding carboxylic acids is 1. The Kier molecular flexibility index (Phi) is 4.00. The fourth-order valence-corrected chi connectivity index (χ4v) is 3.32. The molecule has 0 atom stereocenters. The van der Waals surface area contributed by atoms with Gasteiger partial charge in [-0.05, 0) is 37.1 Å². The van der Waals surface area contributed by atoms with Crippen molar-refractivity contribution >= 4 is 23.3 Å². The van der Waals surface area contributed by atoms with Crippen LogP contribution in [0.2, 0.25) is 5.02 Å². The molecule has 4 rings (SSSR count). The first-order valence-corrected chi connectivity index (χ1v) is 8.69. The lowest BCUT2D eigenvalue weighted by atomic mass is 10.1. The van der Waals surface area contributed by atoms with Crippen molar-refractivity contribution in [2.75, 3.05) is 25.1 Å². The van der Waals surface area contributed by atoms with Crippen molar-refractivity contribution in [1.82, 2.24) is 14.9 Å². The largest absolute Gasteiger partial charge is 0.467 e. The van der Waals surface area contributed by atoms with Gasteiger partial charge in [-0.3, -0.25) is 4.79 Å². The standard InChI is InChI=1S/C18H19ClN4O2/c1-11-8-12(4-5-14(11)19)17(24)23-9-13-15(10-23)20-18(25-2)21-16(13)22-6-3-7-22/h4-5,8H,3,6-7,9-10H2,1-2H3. The van der Waals surface area contributed by atoms with E-state index in [1.165, 1.54) is 0 Å². The van der Waals surface area contributed by atoms with E-state index in [1.54, 1.807) is 24.1 Å². The summed E-state index contributed by atoms with van der Waals surface area (Å²) in [7, 11) is 1.57. The molecule has 6 nitrogen and oxygen atoms in total. The van der Waals surface area contributed by atoms with Gasteiger partial charge in [-0.15, -0.1) is 0 Å². The molecule has 2 aliphatic heterocycles. The number of amides is 1. The summed E-state index contributed by atoms with van der Waals surface area (Å²) in [6.45, 7) is 4.85. The van der Waals surface area contributed by atoms with Crippen molar-refractivity contribution in [3.63, 3.8) is 0 Å². The van der Waals surface area contributed by atoms with Crippen LogP contribution in [0.15, 0.2) is 18.2 Å². The molecule has 1 amide bonds. The van der Waals surface area contributed by atoms with Gasteiger partial charge < -0.3 is 14.5 Å². The number of rotatable bonds is 3. The minimum atomic E-state index is -0.0220. The number of fused-ring (bicyclic) bond motifs is 1. The maximum Gasteiger partial charge on any atom is 0.318 e. The maximum absolute atomic E-state index is 12.9. The summed E-state index contributed by atoms with van der Waals surface area (Å²) in [6.07, 6.45) is 1.16. The van der Waals surface area contributed by atoms with Gasteiger partial charge in [0.15, 0.2) is 0 Å². The van der Waals surface area contributed by atoms with E-state index >= 15 is 0 Å². The molecule has 1 aromatic carbocycles. The highest BCUT2D eigenvalue weighted by Gasteiger charge is 2.32. The van der Waals surface area contributed by atoms with Gasteiger partial charge in [0.05, 0.1) is 25.9 Å². The number of ether oxygens (including phenoxy) is 1. The molecule has 0 N–H and O–H groups in total. The van der Waals surface area contributed by atoms with E-state index in [2.05, 4.69) is 14.9 Å². The average Bonchev–Trinajstić information content (AvgIpc) is 2.99. The Morgan fingerprint density at radius 3 is 2.68 bits per heavy atom. The van der Waals surface area contributed by atoms with Crippen LogP contribution >= 0.6 is 11.6 Å². The van der Waals surface area contributed by atoms with Crippen LogP contribution in [0.1, 0.15) is 33.6 Å². The lowest BCUT2D eigenvalue weighted by molar-refractivity contribution is 0.0750. The van der Waals surface area contributed by atoms with Gasteiger partial charge in [-0.25, -0.2) is 0 Å². The molecule has 0 radical (unpaired) electrons. The van der Waals surface area contributed by atoms with Gasteiger partial charge in [0.1, 0.15) is 5.82 Å². The first-order valence-electron chi connectivity index (χ1n) is 8.31. The van der Waals surface area contributed by atoms with E-state index < -0.39 is 0 Å². The number of carbonyl (C=O) groups is 1. The van der Waals surface area contributed by atoms with E-state index in [4.69, 9.17) is 16.3 Å². The Morgan fingerprint density at radius 2 is 2.04 bits per heavy atom. The number of aromatic nitrogens is 2. The molecule has 2 aliphatic rings. The predicted octanol–water partition coefficient (Wildman–Crippen LogP) is 2.81. The molecule has 25 heavy (non-hydrogen) atoms. The Balaban J connectivity index is 1.63. The molecule has 0 aliphatic carbocycles. The van der Waals surface area contributed by atoms with E-state index in [0.29, 0.717) is 29.7 Å². The van der Waals surface area contributed by atoms with Crippen molar-refractivity contribution in [1.29, 1.82) is 0 Å². The second-order valence-corrected chi connectivity index (χ2v) is 6.83. The highest BCUT2D eigenvalue weighted by Crippen LogP contribution is 2.33. The number of aryl methyl sites for hydroxylation is 1. The van der Waals surface area contributed by atoms with Gasteiger partial charge >= 0.3 is 6.01 Å². The fourth-order valence-electron chi connectivity index (χ4n) is 3.20. The zero-order valence-corrected chi connectivity index (χ0v) is 15.0. The summed E-state index contributed by atoms with van der Waals surface area (Å²) < 4.78 is 5.24. The normalized spacial score (nSPS) is 15.8. The second kappa shape index (κ2) is 6.19. The quantitative estimate of drug-likeness (QED) is 0.844. The van der Waals surface area contributed by atoms with E-state index in [-0.39, 0.29) is 5.91 Å². The van der Waals surface area contributed by atoms with Gasteiger partial charge in [0.25, 0.3) is 5.91 Å². The molecule has 3 heterocycles. The van der Waals surface area contributed by atoms with Gasteiger partial charge in [0, 0.05) is 29.2 Å². The Morgan fingerprint density at radius 1 is 1.24 bits per heavy atom. The molecule has 0 unspecified atom stereocenters. The zero-order chi connectivity index (χ0) is 17.6. The van der Waals surface area contributed by atoms with E-state index in [0.717, 1.165) is 42.1 Å². The van der Waals surface area contributed by atoms with Crippen molar-refractivity contribution in [2.24, 2.45) is 0 Å². The molecule has 0 bridgehead atoms. The second-order valence-electron chi connectivity index (χ2n) is 6.42. The summed E-state index contributed by atoms with van der Waals surface area (Å²) in [5.41, 5.74) is 3.43. The monoisotopic (exact) mass is 358 g/mol. The summed E-state index contributed by atoms with van der Waals surface area (Å²) >= 11 is 6.07. The Hall–Kier alpha value is -2.34. The van der Waals surface area contributed by atoms with Gasteiger partial charge in [-0.1, -0.05) is 11.6 Å². The lowest BCUT2D eigenvalue weighted by Gasteiger charge is -2.33. The van der Waals surface area contributed by atoms with Crippen LogP contribution < -0.4 is 9.64 Å². The molecule has 0 spiro atoms. The number of hydrogen-bond acceptors (Lipinski definition) is 5. The number of benzene rings is 1. The minimum absolute atomic E-state index is 0.0220. The highest BCUT2D eigenvalue weighted by atomic mass is 35.5. The van der Waals surface area contributed by atoms with Crippen LogP contribution in [0.25, 0.3) is 0 Å². The van der Waals surface area contributed by atoms with E-state index in [1.807, 2.05) is 13.0 Å². The number of methoxy groups -OCH3 is 1.